The predicted molar refractivity (Wildman–Crippen MR) is 94.4 cm³/mol. The molecule has 0 saturated carbocycles. The number of nitrogens with zero attached hydrogens (tertiary/aromatic N) is 3. The summed E-state index contributed by atoms with van der Waals surface area (Å²) in [5.41, 5.74) is 1.97. The molecular weight excluding hydrogens is 345 g/mol. The Bertz CT molecular complexity index is 894. The third-order valence-electron chi connectivity index (χ3n) is 3.75. The molecule has 0 unspecified atom stereocenters. The summed E-state index contributed by atoms with van der Waals surface area (Å²) >= 11 is 11.7. The van der Waals surface area contributed by atoms with Crippen molar-refractivity contribution in [1.82, 2.24) is 9.78 Å². The van der Waals surface area contributed by atoms with Gasteiger partial charge in [-0.3, -0.25) is 4.79 Å². The standard InChI is InChI=1S/C18H16Cl2N3O/c19-16-12-21-23(18(24)17(16)20)11-9-15-8-4-5-10-22(15)13-14-6-2-1-3-7-14/h1-8,10,12H,9,11,13H2/q+1. The summed E-state index contributed by atoms with van der Waals surface area (Å²) in [4.78, 5) is 12.1. The van der Waals surface area contributed by atoms with E-state index in [1.54, 1.807) is 0 Å². The molecule has 6 heteroatoms. The molecule has 0 aliphatic heterocycles. The molecule has 0 aliphatic rings. The zero-order valence-electron chi connectivity index (χ0n) is 12.9. The van der Waals surface area contributed by atoms with Crippen LogP contribution in [0.4, 0.5) is 0 Å². The lowest BCUT2D eigenvalue weighted by Crippen LogP contribution is -2.39. The van der Waals surface area contributed by atoms with Crippen LogP contribution in [0.3, 0.4) is 0 Å². The van der Waals surface area contributed by atoms with Crippen LogP contribution < -0.4 is 10.1 Å². The Kier molecular flexibility index (Phi) is 5.28. The number of hydrogen-bond donors (Lipinski definition) is 0. The third kappa shape index (κ3) is 3.83. The van der Waals surface area contributed by atoms with E-state index in [9.17, 15) is 4.79 Å². The van der Waals surface area contributed by atoms with Gasteiger partial charge in [0.2, 0.25) is 0 Å². The van der Waals surface area contributed by atoms with Crippen LogP contribution in [-0.4, -0.2) is 9.78 Å². The topological polar surface area (TPSA) is 38.8 Å². The average Bonchev–Trinajstić information content (AvgIpc) is 2.61. The fourth-order valence-corrected chi connectivity index (χ4v) is 2.77. The summed E-state index contributed by atoms with van der Waals surface area (Å²) in [7, 11) is 0. The van der Waals surface area contributed by atoms with E-state index in [0.717, 1.165) is 12.2 Å². The fraction of sp³-hybridized carbons (Fsp3) is 0.167. The van der Waals surface area contributed by atoms with E-state index in [4.69, 9.17) is 23.2 Å². The van der Waals surface area contributed by atoms with E-state index in [0.29, 0.717) is 13.0 Å². The van der Waals surface area contributed by atoms with Crippen molar-refractivity contribution < 1.29 is 4.57 Å². The van der Waals surface area contributed by atoms with E-state index in [1.165, 1.54) is 16.4 Å². The Morgan fingerprint density at radius 2 is 1.79 bits per heavy atom. The van der Waals surface area contributed by atoms with Crippen LogP contribution in [0, 0.1) is 0 Å². The first-order valence-corrected chi connectivity index (χ1v) is 8.33. The normalized spacial score (nSPS) is 10.8. The van der Waals surface area contributed by atoms with Crippen LogP contribution in [0.1, 0.15) is 11.3 Å². The number of aromatic nitrogens is 3. The SMILES string of the molecule is O=c1c(Cl)c(Cl)cnn1CCc1cccc[n+]1Cc1ccccc1. The van der Waals surface area contributed by atoms with E-state index in [-0.39, 0.29) is 15.6 Å². The average molecular weight is 361 g/mol. The Labute approximate surface area is 149 Å². The van der Waals surface area contributed by atoms with Gasteiger partial charge in [0.1, 0.15) is 5.02 Å². The summed E-state index contributed by atoms with van der Waals surface area (Å²) in [6, 6.07) is 16.3. The number of aryl methyl sites for hydroxylation is 2. The van der Waals surface area contributed by atoms with Crippen molar-refractivity contribution in [1.29, 1.82) is 0 Å². The highest BCUT2D eigenvalue weighted by Gasteiger charge is 2.13. The quantitative estimate of drug-likeness (QED) is 0.655. The molecule has 0 aliphatic carbocycles. The lowest BCUT2D eigenvalue weighted by Gasteiger charge is -2.06. The maximum atomic E-state index is 12.1. The molecule has 24 heavy (non-hydrogen) atoms. The molecule has 0 fully saturated rings. The van der Waals surface area contributed by atoms with E-state index < -0.39 is 0 Å². The predicted octanol–water partition coefficient (Wildman–Crippen LogP) is 3.13. The summed E-state index contributed by atoms with van der Waals surface area (Å²) in [6.07, 6.45) is 4.10. The van der Waals surface area contributed by atoms with Gasteiger partial charge in [0, 0.05) is 17.7 Å². The summed E-state index contributed by atoms with van der Waals surface area (Å²) < 4.78 is 3.51. The molecule has 2 aromatic heterocycles. The highest BCUT2D eigenvalue weighted by molar-refractivity contribution is 6.41. The first kappa shape index (κ1) is 16.7. The van der Waals surface area contributed by atoms with Gasteiger partial charge in [-0.25, -0.2) is 4.68 Å². The summed E-state index contributed by atoms with van der Waals surface area (Å²) in [5, 5.41) is 4.23. The largest absolute Gasteiger partial charge is 0.287 e. The van der Waals surface area contributed by atoms with Crippen molar-refractivity contribution in [3.05, 3.63) is 92.6 Å². The molecule has 3 rings (SSSR count). The van der Waals surface area contributed by atoms with Crippen LogP contribution in [-0.2, 0) is 19.5 Å². The van der Waals surface area contributed by atoms with Gasteiger partial charge in [-0.05, 0) is 0 Å². The van der Waals surface area contributed by atoms with Gasteiger partial charge in [0.25, 0.3) is 5.56 Å². The molecule has 2 heterocycles. The Morgan fingerprint density at radius 3 is 2.58 bits per heavy atom. The molecular formula is C18H16Cl2N3O+. The first-order chi connectivity index (χ1) is 11.6. The number of halogens is 2. The summed E-state index contributed by atoms with van der Waals surface area (Å²) in [6.45, 7) is 1.22. The highest BCUT2D eigenvalue weighted by atomic mass is 35.5. The first-order valence-electron chi connectivity index (χ1n) is 7.57. The molecule has 0 spiro atoms. The van der Waals surface area contributed by atoms with Gasteiger partial charge in [0.15, 0.2) is 18.4 Å². The van der Waals surface area contributed by atoms with E-state index >= 15 is 0 Å². The molecule has 0 saturated heterocycles. The maximum absolute atomic E-state index is 12.1. The smallest absolute Gasteiger partial charge is 0.266 e. The molecule has 3 aromatic rings. The fourth-order valence-electron chi connectivity index (χ4n) is 2.50. The zero-order chi connectivity index (χ0) is 16.9. The summed E-state index contributed by atoms with van der Waals surface area (Å²) in [5.74, 6) is 0. The Hall–Kier alpha value is -2.17. The number of rotatable bonds is 5. The second-order valence-electron chi connectivity index (χ2n) is 5.39. The Balaban J connectivity index is 1.79. The van der Waals surface area contributed by atoms with E-state index in [1.807, 2.05) is 42.6 Å². The van der Waals surface area contributed by atoms with Gasteiger partial charge in [-0.2, -0.15) is 9.67 Å². The van der Waals surface area contributed by atoms with Crippen LogP contribution in [0.2, 0.25) is 10.0 Å². The van der Waals surface area contributed by atoms with Gasteiger partial charge >= 0.3 is 0 Å². The highest BCUT2D eigenvalue weighted by Crippen LogP contribution is 2.14. The molecule has 1 aromatic carbocycles. The molecule has 0 N–H and O–H groups in total. The van der Waals surface area contributed by atoms with Gasteiger partial charge in [0.05, 0.1) is 24.2 Å². The van der Waals surface area contributed by atoms with Crippen LogP contribution in [0.25, 0.3) is 0 Å². The van der Waals surface area contributed by atoms with Crippen molar-refractivity contribution in [3.8, 4) is 0 Å². The molecule has 0 amide bonds. The minimum absolute atomic E-state index is 0.0110. The van der Waals surface area contributed by atoms with Crippen molar-refractivity contribution >= 4 is 23.2 Å². The van der Waals surface area contributed by atoms with Gasteiger partial charge in [-0.1, -0.05) is 59.6 Å². The van der Waals surface area contributed by atoms with Crippen molar-refractivity contribution in [3.63, 3.8) is 0 Å². The van der Waals surface area contributed by atoms with Crippen LogP contribution in [0.15, 0.2) is 65.7 Å². The second kappa shape index (κ2) is 7.60. The maximum Gasteiger partial charge on any atom is 0.287 e. The number of benzene rings is 1. The van der Waals surface area contributed by atoms with Crippen molar-refractivity contribution in [2.24, 2.45) is 0 Å². The molecule has 122 valence electrons. The third-order valence-corrected chi connectivity index (χ3v) is 4.50. The van der Waals surface area contributed by atoms with Crippen LogP contribution in [0.5, 0.6) is 0 Å². The number of hydrogen-bond acceptors (Lipinski definition) is 2. The van der Waals surface area contributed by atoms with Crippen molar-refractivity contribution in [2.75, 3.05) is 0 Å². The minimum atomic E-state index is -0.366. The van der Waals surface area contributed by atoms with Crippen molar-refractivity contribution in [2.45, 2.75) is 19.5 Å². The van der Waals surface area contributed by atoms with Gasteiger partial charge < -0.3 is 0 Å². The lowest BCUT2D eigenvalue weighted by atomic mass is 10.2. The lowest BCUT2D eigenvalue weighted by molar-refractivity contribution is -0.695. The molecule has 4 nitrogen and oxygen atoms in total. The van der Waals surface area contributed by atoms with E-state index in [2.05, 4.69) is 21.8 Å². The molecule has 0 bridgehead atoms. The molecule has 0 radical (unpaired) electrons. The number of pyridine rings is 1. The minimum Gasteiger partial charge on any atom is -0.266 e. The van der Waals surface area contributed by atoms with Crippen LogP contribution >= 0.6 is 23.2 Å². The van der Waals surface area contributed by atoms with Gasteiger partial charge in [-0.15, -0.1) is 0 Å². The second-order valence-corrected chi connectivity index (χ2v) is 6.18. The monoisotopic (exact) mass is 360 g/mol. The Morgan fingerprint density at radius 1 is 1.04 bits per heavy atom. The molecule has 0 atom stereocenters. The zero-order valence-corrected chi connectivity index (χ0v) is 14.4.